The summed E-state index contributed by atoms with van der Waals surface area (Å²) in [6.07, 6.45) is -0.698. The lowest BCUT2D eigenvalue weighted by Gasteiger charge is -2.10. The number of aliphatic carboxylic acids is 1. The van der Waals surface area contributed by atoms with Crippen molar-refractivity contribution >= 4 is 29.1 Å². The van der Waals surface area contributed by atoms with Gasteiger partial charge in [0.2, 0.25) is 5.78 Å². The van der Waals surface area contributed by atoms with Gasteiger partial charge in [0.1, 0.15) is 12.4 Å². The van der Waals surface area contributed by atoms with Crippen molar-refractivity contribution in [1.29, 1.82) is 0 Å². The van der Waals surface area contributed by atoms with Gasteiger partial charge in [-0.25, -0.2) is 4.79 Å². The van der Waals surface area contributed by atoms with E-state index < -0.39 is 24.0 Å². The van der Waals surface area contributed by atoms with Crippen LogP contribution in [0.25, 0.3) is 0 Å². The monoisotopic (exact) mass is 332 g/mol. The number of hydrogen-bond donors (Lipinski definition) is 1. The van der Waals surface area contributed by atoms with Gasteiger partial charge in [-0.05, 0) is 29.8 Å². The molecule has 0 radical (unpaired) electrons. The van der Waals surface area contributed by atoms with Crippen molar-refractivity contribution < 1.29 is 24.2 Å². The van der Waals surface area contributed by atoms with Gasteiger partial charge in [-0.3, -0.25) is 9.59 Å². The fourth-order valence-corrected chi connectivity index (χ4v) is 2.01. The highest BCUT2D eigenvalue weighted by Gasteiger charge is 2.20. The molecule has 118 valence electrons. The zero-order valence-corrected chi connectivity index (χ0v) is 12.7. The van der Waals surface area contributed by atoms with Crippen LogP contribution in [0.1, 0.15) is 22.3 Å². The van der Waals surface area contributed by atoms with E-state index >= 15 is 0 Å². The molecular weight excluding hydrogens is 320 g/mol. The van der Waals surface area contributed by atoms with Gasteiger partial charge in [-0.1, -0.05) is 35.9 Å². The van der Waals surface area contributed by atoms with Gasteiger partial charge in [0.25, 0.3) is 0 Å². The van der Waals surface area contributed by atoms with Crippen LogP contribution in [-0.2, 0) is 16.2 Å². The number of carbonyl (C=O) groups is 3. The largest absolute Gasteiger partial charge is 0.488 e. The third-order valence-electron chi connectivity index (χ3n) is 3.05. The number of Topliss-reactive ketones (excluding diaryl/α,β-unsaturated/α-hetero) is 2. The first-order valence-electron chi connectivity index (χ1n) is 6.73. The Kier molecular flexibility index (Phi) is 5.49. The number of para-hydroxylation sites is 1. The normalized spacial score (nSPS) is 10.1. The summed E-state index contributed by atoms with van der Waals surface area (Å²) >= 11 is 5.80. The summed E-state index contributed by atoms with van der Waals surface area (Å²) in [5.74, 6) is -3.07. The summed E-state index contributed by atoms with van der Waals surface area (Å²) in [6.45, 7) is 0.217. The van der Waals surface area contributed by atoms with Crippen LogP contribution in [0.5, 0.6) is 5.75 Å². The van der Waals surface area contributed by atoms with E-state index in [1.807, 2.05) is 0 Å². The molecule has 23 heavy (non-hydrogen) atoms. The minimum Gasteiger partial charge on any atom is -0.488 e. The third-order valence-corrected chi connectivity index (χ3v) is 3.31. The first kappa shape index (κ1) is 16.7. The first-order chi connectivity index (χ1) is 11.0. The molecule has 1 N–H and O–H groups in total. The zero-order chi connectivity index (χ0) is 16.8. The van der Waals surface area contributed by atoms with Gasteiger partial charge >= 0.3 is 5.97 Å². The van der Waals surface area contributed by atoms with Crippen LogP contribution in [-0.4, -0.2) is 22.6 Å². The van der Waals surface area contributed by atoms with Crippen LogP contribution in [0, 0.1) is 0 Å². The molecule has 0 unspecified atom stereocenters. The molecule has 0 atom stereocenters. The quantitative estimate of drug-likeness (QED) is 0.478. The number of carbonyl (C=O) groups excluding carboxylic acids is 2. The zero-order valence-electron chi connectivity index (χ0n) is 12.0. The van der Waals surface area contributed by atoms with Crippen molar-refractivity contribution in [2.45, 2.75) is 13.0 Å². The molecule has 0 saturated carbocycles. The lowest BCUT2D eigenvalue weighted by Crippen LogP contribution is -2.17. The van der Waals surface area contributed by atoms with E-state index in [0.717, 1.165) is 5.56 Å². The number of ketones is 2. The number of hydrogen-bond acceptors (Lipinski definition) is 4. The molecule has 2 rings (SSSR count). The van der Waals surface area contributed by atoms with Crippen molar-refractivity contribution in [2.75, 3.05) is 0 Å². The highest BCUT2D eigenvalue weighted by atomic mass is 35.5. The summed E-state index contributed by atoms with van der Waals surface area (Å²) in [5, 5.41) is 9.19. The van der Waals surface area contributed by atoms with Crippen molar-refractivity contribution in [1.82, 2.24) is 0 Å². The summed E-state index contributed by atoms with van der Waals surface area (Å²) in [7, 11) is 0. The standard InChI is InChI=1S/C17H13ClO5/c18-12-7-5-11(6-8-12)10-23-16-4-2-1-3-13(16)14(19)9-15(20)17(21)22/h1-8H,9-10H2,(H,21,22). The number of carboxylic acid groups (broad SMARTS) is 1. The fourth-order valence-electron chi connectivity index (χ4n) is 1.88. The lowest BCUT2D eigenvalue weighted by atomic mass is 10.0. The smallest absolute Gasteiger partial charge is 0.372 e. The molecule has 0 bridgehead atoms. The van der Waals surface area contributed by atoms with E-state index in [4.69, 9.17) is 21.4 Å². The molecule has 0 amide bonds. The van der Waals surface area contributed by atoms with Crippen LogP contribution in [0.4, 0.5) is 0 Å². The van der Waals surface area contributed by atoms with Crippen LogP contribution in [0.2, 0.25) is 5.02 Å². The molecule has 2 aromatic rings. The molecule has 0 aliphatic carbocycles. The van der Waals surface area contributed by atoms with Crippen LogP contribution >= 0.6 is 11.6 Å². The molecule has 5 nitrogen and oxygen atoms in total. The summed E-state index contributed by atoms with van der Waals surface area (Å²) in [6, 6.07) is 13.4. The Morgan fingerprint density at radius 1 is 1.00 bits per heavy atom. The van der Waals surface area contributed by atoms with Crippen LogP contribution in [0.3, 0.4) is 0 Å². The van der Waals surface area contributed by atoms with E-state index in [1.165, 1.54) is 6.07 Å². The van der Waals surface area contributed by atoms with Gasteiger partial charge in [0, 0.05) is 5.02 Å². The second kappa shape index (κ2) is 7.56. The average molecular weight is 333 g/mol. The second-order valence-corrected chi connectivity index (χ2v) is 5.18. The van der Waals surface area contributed by atoms with Crippen molar-refractivity contribution in [3.63, 3.8) is 0 Å². The van der Waals surface area contributed by atoms with Crippen molar-refractivity contribution in [3.8, 4) is 5.75 Å². The highest BCUT2D eigenvalue weighted by Crippen LogP contribution is 2.21. The number of halogens is 1. The highest BCUT2D eigenvalue weighted by molar-refractivity contribution is 6.37. The van der Waals surface area contributed by atoms with E-state index in [-0.39, 0.29) is 12.2 Å². The summed E-state index contributed by atoms with van der Waals surface area (Å²) < 4.78 is 5.60. The number of carboxylic acids is 1. The molecule has 0 aromatic heterocycles. The lowest BCUT2D eigenvalue weighted by molar-refractivity contribution is -0.148. The van der Waals surface area contributed by atoms with Crippen LogP contribution < -0.4 is 4.74 Å². The minimum absolute atomic E-state index is 0.177. The second-order valence-electron chi connectivity index (χ2n) is 4.74. The SMILES string of the molecule is O=C(O)C(=O)CC(=O)c1ccccc1OCc1ccc(Cl)cc1. The van der Waals surface area contributed by atoms with Crippen molar-refractivity contribution in [3.05, 3.63) is 64.7 Å². The van der Waals surface area contributed by atoms with Gasteiger partial charge in [-0.2, -0.15) is 0 Å². The van der Waals surface area contributed by atoms with Gasteiger partial charge < -0.3 is 9.84 Å². The maximum absolute atomic E-state index is 12.1. The summed E-state index contributed by atoms with van der Waals surface area (Å²) in [4.78, 5) is 33.8. The van der Waals surface area contributed by atoms with E-state index in [0.29, 0.717) is 10.8 Å². The number of rotatable bonds is 7. The minimum atomic E-state index is -1.63. The van der Waals surface area contributed by atoms with E-state index in [2.05, 4.69) is 0 Å². The Balaban J connectivity index is 2.10. The predicted molar refractivity (Wildman–Crippen MR) is 83.8 cm³/mol. The Hall–Kier alpha value is -2.66. The molecule has 2 aromatic carbocycles. The number of benzene rings is 2. The Labute approximate surface area is 137 Å². The van der Waals surface area contributed by atoms with E-state index in [9.17, 15) is 14.4 Å². The molecule has 0 saturated heterocycles. The van der Waals surface area contributed by atoms with Gasteiger partial charge in [-0.15, -0.1) is 0 Å². The number of ether oxygens (including phenoxy) is 1. The maximum Gasteiger partial charge on any atom is 0.372 e. The molecule has 0 fully saturated rings. The summed E-state index contributed by atoms with van der Waals surface area (Å²) in [5.41, 5.74) is 1.04. The topological polar surface area (TPSA) is 80.7 Å². The molecule has 0 spiro atoms. The molecule has 0 aliphatic rings. The Morgan fingerprint density at radius 3 is 2.30 bits per heavy atom. The van der Waals surface area contributed by atoms with E-state index in [1.54, 1.807) is 42.5 Å². The van der Waals surface area contributed by atoms with Gasteiger partial charge in [0.15, 0.2) is 5.78 Å². The Morgan fingerprint density at radius 2 is 1.65 bits per heavy atom. The third kappa shape index (κ3) is 4.66. The molecule has 0 heterocycles. The first-order valence-corrected chi connectivity index (χ1v) is 7.11. The molecule has 6 heteroatoms. The van der Waals surface area contributed by atoms with Gasteiger partial charge in [0.05, 0.1) is 12.0 Å². The molecule has 0 aliphatic heterocycles. The average Bonchev–Trinajstić information content (AvgIpc) is 2.54. The Bertz CT molecular complexity index is 737. The van der Waals surface area contributed by atoms with Crippen LogP contribution in [0.15, 0.2) is 48.5 Å². The maximum atomic E-state index is 12.1. The van der Waals surface area contributed by atoms with Crippen molar-refractivity contribution in [2.24, 2.45) is 0 Å². The predicted octanol–water partition coefficient (Wildman–Crippen LogP) is 3.15. The fraction of sp³-hybridized carbons (Fsp3) is 0.118. The molecular formula is C17H13ClO5.